The average molecular weight is 630 g/mol. The summed E-state index contributed by atoms with van der Waals surface area (Å²) in [7, 11) is 0. The minimum atomic E-state index is -0.932. The molecule has 2 aromatic heterocycles. The van der Waals surface area contributed by atoms with Crippen molar-refractivity contribution in [3.8, 4) is 23.3 Å². The summed E-state index contributed by atoms with van der Waals surface area (Å²) in [6.45, 7) is 5.89. The van der Waals surface area contributed by atoms with Gasteiger partial charge in [-0.2, -0.15) is 15.2 Å². The second-order valence-electron chi connectivity index (χ2n) is 13.4. The number of aromatic nitrogens is 3. The van der Waals surface area contributed by atoms with E-state index in [1.807, 2.05) is 4.90 Å². The number of fused-ring (bicyclic) bond motifs is 5. The van der Waals surface area contributed by atoms with Crippen molar-refractivity contribution < 1.29 is 22.7 Å². The number of benzene rings is 1. The van der Waals surface area contributed by atoms with E-state index in [2.05, 4.69) is 27.5 Å². The van der Waals surface area contributed by atoms with Crippen LogP contribution < -0.4 is 9.64 Å². The summed E-state index contributed by atoms with van der Waals surface area (Å²) >= 11 is 0. The van der Waals surface area contributed by atoms with Crippen LogP contribution in [-0.2, 0) is 11.2 Å². The molecule has 8 rings (SSSR count). The van der Waals surface area contributed by atoms with Crippen LogP contribution in [0.2, 0.25) is 0 Å². The van der Waals surface area contributed by atoms with Crippen LogP contribution >= 0.6 is 0 Å². The van der Waals surface area contributed by atoms with Crippen LogP contribution in [-0.4, -0.2) is 87.7 Å². The lowest BCUT2D eigenvalue weighted by Gasteiger charge is -2.41. The number of ether oxygens (including phenoxy) is 1. The molecule has 9 nitrogen and oxygen atoms in total. The van der Waals surface area contributed by atoms with Crippen molar-refractivity contribution in [3.63, 3.8) is 0 Å². The van der Waals surface area contributed by atoms with Crippen LogP contribution in [0.15, 0.2) is 31.0 Å². The van der Waals surface area contributed by atoms with Gasteiger partial charge < -0.3 is 14.5 Å². The van der Waals surface area contributed by atoms with Gasteiger partial charge in [-0.1, -0.05) is 6.58 Å². The molecule has 0 N–H and O–H groups in total. The zero-order chi connectivity index (χ0) is 31.7. The summed E-state index contributed by atoms with van der Waals surface area (Å²) < 4.78 is 52.2. The van der Waals surface area contributed by atoms with Gasteiger partial charge in [-0.3, -0.25) is 14.7 Å². The molecule has 5 atom stereocenters. The Kier molecular flexibility index (Phi) is 6.94. The van der Waals surface area contributed by atoms with E-state index in [0.29, 0.717) is 60.7 Å². The van der Waals surface area contributed by atoms with E-state index >= 15 is 4.39 Å². The third kappa shape index (κ3) is 4.62. The number of pyridine rings is 1. The number of halogens is 3. The number of carbonyl (C=O) groups is 1. The first-order chi connectivity index (χ1) is 22.3. The zero-order valence-corrected chi connectivity index (χ0v) is 25.4. The van der Waals surface area contributed by atoms with Gasteiger partial charge in [-0.15, -0.1) is 0 Å². The number of carbonyl (C=O) groups excluding carboxylic acids is 1. The predicted octanol–water partition coefficient (Wildman–Crippen LogP) is 4.70. The summed E-state index contributed by atoms with van der Waals surface area (Å²) in [6, 6.07) is 4.68. The van der Waals surface area contributed by atoms with Gasteiger partial charge in [-0.25, -0.2) is 13.2 Å². The number of hydrogen-bond acceptors (Lipinski definition) is 8. The molecule has 1 amide bonds. The standard InChI is InChI=1S/C34H34F3N7O2/c1-2-27(45)44-11-10-42(17-21(44)6-8-38)32-25-15-39-30(22-4-5-26(36)28-23-12-19(23)13-24(22)28)29(37)31(25)40-33(41-32)46-18-34-7-3-9-43(34)16-20(35)14-34/h2,4-5,15,19-21,23H,1,3,6-7,9-14,16-18H2/t19-,20-,21+,23-,34+/m1/s1. The van der Waals surface area contributed by atoms with Crippen LogP contribution in [0.5, 0.6) is 6.01 Å². The Morgan fingerprint density at radius 1 is 1.22 bits per heavy atom. The van der Waals surface area contributed by atoms with Gasteiger partial charge in [0.05, 0.1) is 29.5 Å². The third-order valence-electron chi connectivity index (χ3n) is 10.8. The highest BCUT2D eigenvalue weighted by molar-refractivity contribution is 5.93. The Morgan fingerprint density at radius 3 is 2.91 bits per heavy atom. The molecule has 1 aromatic carbocycles. The van der Waals surface area contributed by atoms with Crippen molar-refractivity contribution in [2.24, 2.45) is 5.92 Å². The predicted molar refractivity (Wildman–Crippen MR) is 164 cm³/mol. The maximum absolute atomic E-state index is 16.7. The summed E-state index contributed by atoms with van der Waals surface area (Å²) in [5.41, 5.74) is 1.71. The summed E-state index contributed by atoms with van der Waals surface area (Å²) in [6.07, 6.45) is 5.70. The van der Waals surface area contributed by atoms with Gasteiger partial charge in [-0.05, 0) is 73.4 Å². The van der Waals surface area contributed by atoms with E-state index in [4.69, 9.17) is 9.72 Å². The van der Waals surface area contributed by atoms with Crippen molar-refractivity contribution in [1.82, 2.24) is 24.8 Å². The topological polar surface area (TPSA) is 98.5 Å². The lowest BCUT2D eigenvalue weighted by molar-refractivity contribution is -0.128. The highest BCUT2D eigenvalue weighted by atomic mass is 19.1. The number of nitrogens with zero attached hydrogens (tertiary/aromatic N) is 7. The lowest BCUT2D eigenvalue weighted by Crippen LogP contribution is -2.55. The highest BCUT2D eigenvalue weighted by Crippen LogP contribution is 2.58. The minimum absolute atomic E-state index is 0.0169. The fourth-order valence-electron chi connectivity index (χ4n) is 8.47. The molecule has 0 radical (unpaired) electrons. The Hall–Kier alpha value is -4.24. The molecular weight excluding hydrogens is 595 g/mol. The second kappa shape index (κ2) is 10.9. The molecule has 0 spiro atoms. The number of hydrogen-bond donors (Lipinski definition) is 0. The molecule has 46 heavy (non-hydrogen) atoms. The molecule has 0 bridgehead atoms. The summed E-state index contributed by atoms with van der Waals surface area (Å²) in [4.78, 5) is 32.1. The van der Waals surface area contributed by atoms with Crippen molar-refractivity contribution in [2.75, 3.05) is 44.2 Å². The lowest BCUT2D eigenvalue weighted by atomic mass is 9.95. The third-order valence-corrected chi connectivity index (χ3v) is 10.8. The number of rotatable bonds is 7. The second-order valence-corrected chi connectivity index (χ2v) is 13.4. The average Bonchev–Trinajstić information content (AvgIpc) is 3.36. The molecular formula is C34H34F3N7O2. The van der Waals surface area contributed by atoms with Gasteiger partial charge in [0.1, 0.15) is 35.6 Å². The Bertz CT molecular complexity index is 1810. The van der Waals surface area contributed by atoms with Crippen molar-refractivity contribution >= 4 is 22.6 Å². The molecule has 12 heteroatoms. The molecule has 5 heterocycles. The van der Waals surface area contributed by atoms with Crippen LogP contribution in [0.3, 0.4) is 0 Å². The number of piperazine rings is 1. The Morgan fingerprint density at radius 2 is 2.09 bits per heavy atom. The molecule has 4 fully saturated rings. The summed E-state index contributed by atoms with van der Waals surface area (Å²) in [5.74, 6) is -0.206. The van der Waals surface area contributed by atoms with E-state index < -0.39 is 23.6 Å². The van der Waals surface area contributed by atoms with Crippen LogP contribution in [0, 0.1) is 28.9 Å². The summed E-state index contributed by atoms with van der Waals surface area (Å²) in [5, 5.41) is 9.88. The first-order valence-electron chi connectivity index (χ1n) is 16.0. The quantitative estimate of drug-likeness (QED) is 0.347. The van der Waals surface area contributed by atoms with E-state index in [1.54, 1.807) is 17.2 Å². The molecule has 3 aliphatic heterocycles. The van der Waals surface area contributed by atoms with Crippen molar-refractivity contribution in [2.45, 2.75) is 62.2 Å². The molecule has 1 saturated carbocycles. The van der Waals surface area contributed by atoms with Gasteiger partial charge in [0.2, 0.25) is 5.91 Å². The number of alkyl halides is 1. The molecule has 2 aliphatic carbocycles. The van der Waals surface area contributed by atoms with Crippen molar-refractivity contribution in [1.29, 1.82) is 5.26 Å². The SMILES string of the molecule is C=CC(=O)N1CCN(c2nc(OC[C@@]34CCCN3C[C@H](F)C4)nc3c(F)c(-c4ccc(F)c5c4C[C@H]4C[C@@H]54)ncc23)C[C@@H]1CC#N. The maximum Gasteiger partial charge on any atom is 0.319 e. The zero-order valence-electron chi connectivity index (χ0n) is 25.4. The largest absolute Gasteiger partial charge is 0.461 e. The van der Waals surface area contributed by atoms with Crippen molar-refractivity contribution in [3.05, 3.63) is 53.7 Å². The van der Waals surface area contributed by atoms with Gasteiger partial charge in [0, 0.05) is 44.4 Å². The molecule has 238 valence electrons. The smallest absolute Gasteiger partial charge is 0.319 e. The first kappa shape index (κ1) is 29.2. The monoisotopic (exact) mass is 629 g/mol. The molecule has 0 unspecified atom stereocenters. The van der Waals surface area contributed by atoms with Crippen LogP contribution in [0.4, 0.5) is 19.0 Å². The Labute approximate surface area is 264 Å². The van der Waals surface area contributed by atoms with Crippen LogP contribution in [0.1, 0.15) is 49.1 Å². The number of anilines is 1. The fourth-order valence-corrected chi connectivity index (χ4v) is 8.47. The van der Waals surface area contributed by atoms with Crippen LogP contribution in [0.25, 0.3) is 22.2 Å². The van der Waals surface area contributed by atoms with E-state index in [-0.39, 0.29) is 54.4 Å². The Balaban J connectivity index is 1.21. The molecule has 3 saturated heterocycles. The molecule has 5 aliphatic rings. The molecule has 3 aromatic rings. The fraction of sp³-hybridized carbons (Fsp3) is 0.500. The van der Waals surface area contributed by atoms with Gasteiger partial charge in [0.15, 0.2) is 5.82 Å². The minimum Gasteiger partial charge on any atom is -0.461 e. The normalized spacial score (nSPS) is 28.1. The number of amides is 1. The maximum atomic E-state index is 16.7. The van der Waals surface area contributed by atoms with E-state index in [1.165, 1.54) is 12.1 Å². The van der Waals surface area contributed by atoms with E-state index in [0.717, 1.165) is 31.4 Å². The first-order valence-corrected chi connectivity index (χ1v) is 16.0. The number of nitriles is 1. The van der Waals surface area contributed by atoms with Gasteiger partial charge >= 0.3 is 6.01 Å². The van der Waals surface area contributed by atoms with E-state index in [9.17, 15) is 18.8 Å². The van der Waals surface area contributed by atoms with Gasteiger partial charge in [0.25, 0.3) is 0 Å². The highest BCUT2D eigenvalue weighted by Gasteiger charge is 2.50.